The van der Waals surface area contributed by atoms with Crippen molar-refractivity contribution >= 4 is 8.80 Å². The normalized spacial score (nSPS) is 11.6. The Bertz CT molecular complexity index is 84.7. The van der Waals surface area contributed by atoms with Crippen molar-refractivity contribution in [1.29, 1.82) is 0 Å². The van der Waals surface area contributed by atoms with Crippen molar-refractivity contribution in [1.82, 2.24) is 0 Å². The Labute approximate surface area is 66.9 Å². The van der Waals surface area contributed by atoms with Crippen LogP contribution in [0.2, 0.25) is 13.1 Å². The Hall–Kier alpha value is -0.0431. The lowest BCUT2D eigenvalue weighted by molar-refractivity contribution is 0.729. The van der Waals surface area contributed by atoms with Gasteiger partial charge < -0.3 is 0 Å². The quantitative estimate of drug-likeness (QED) is 0.424. The average Bonchev–Trinajstić information content (AvgIpc) is 1.87. The molecule has 0 saturated heterocycles. The lowest BCUT2D eigenvalue weighted by Crippen LogP contribution is -1.91. The number of hydrogen-bond donors (Lipinski definition) is 0. The first-order chi connectivity index (χ1) is 4.77. The van der Waals surface area contributed by atoms with Crippen LogP contribution in [0.1, 0.15) is 32.6 Å². The van der Waals surface area contributed by atoms with Crippen LogP contribution in [-0.2, 0) is 0 Å². The second-order valence-corrected chi connectivity index (χ2v) is 6.04. The second kappa shape index (κ2) is 7.07. The van der Waals surface area contributed by atoms with Crippen LogP contribution >= 0.6 is 0 Å². The molecule has 0 aliphatic rings. The highest BCUT2D eigenvalue weighted by molar-refractivity contribution is 6.61. The summed E-state index contributed by atoms with van der Waals surface area (Å²) in [5.74, 6) is 0. The molecule has 0 saturated carbocycles. The summed E-state index contributed by atoms with van der Waals surface area (Å²) in [4.78, 5) is 0. The summed E-state index contributed by atoms with van der Waals surface area (Å²) >= 11 is 0. The molecule has 0 spiro atoms. The highest BCUT2D eigenvalue weighted by Gasteiger charge is 1.85. The fourth-order valence-electron chi connectivity index (χ4n) is 0.881. The summed E-state index contributed by atoms with van der Waals surface area (Å²) in [6.07, 6.45) is 7.79. The number of unbranched alkanes of at least 4 members (excludes halogenated alkanes) is 3. The molecule has 0 aromatic rings. The van der Waals surface area contributed by atoms with Gasteiger partial charge in [0.2, 0.25) is 0 Å². The van der Waals surface area contributed by atoms with Gasteiger partial charge in [-0.3, -0.25) is 0 Å². The smallest absolute Gasteiger partial charge is 0.0549 e. The van der Waals surface area contributed by atoms with Crippen molar-refractivity contribution in [3.05, 3.63) is 11.8 Å². The lowest BCUT2D eigenvalue weighted by atomic mass is 10.2. The Morgan fingerprint density at radius 2 is 1.90 bits per heavy atom. The van der Waals surface area contributed by atoms with E-state index < -0.39 is 8.80 Å². The molecule has 1 heteroatoms. The molecule has 0 aromatic heterocycles. The minimum absolute atomic E-state index is 0.403. The predicted octanol–water partition coefficient (Wildman–Crippen LogP) is 3.15. The number of rotatable bonds is 5. The zero-order valence-corrected chi connectivity index (χ0v) is 8.72. The molecule has 0 amide bonds. The van der Waals surface area contributed by atoms with Crippen LogP contribution in [-0.4, -0.2) is 8.80 Å². The molecule has 0 bridgehead atoms. The highest BCUT2D eigenvalue weighted by atomic mass is 28.3. The van der Waals surface area contributed by atoms with Crippen LogP contribution in [0.4, 0.5) is 0 Å². The van der Waals surface area contributed by atoms with E-state index in [9.17, 15) is 0 Å². The van der Waals surface area contributed by atoms with Crippen molar-refractivity contribution < 1.29 is 0 Å². The number of allylic oxidation sites excluding steroid dienone is 1. The molecule has 0 N–H and O–H groups in total. The summed E-state index contributed by atoms with van der Waals surface area (Å²) in [5, 5.41) is 0. The van der Waals surface area contributed by atoms with E-state index in [-0.39, 0.29) is 0 Å². The third kappa shape index (κ3) is 7.96. The summed E-state index contributed by atoms with van der Waals surface area (Å²) in [6, 6.07) is 0. The van der Waals surface area contributed by atoms with E-state index >= 15 is 0 Å². The maximum atomic E-state index is 2.43. The molecule has 0 nitrogen and oxygen atoms in total. The first-order valence-corrected chi connectivity index (χ1v) is 7.41. The molecular formula is C9H20Si. The van der Waals surface area contributed by atoms with E-state index in [0.29, 0.717) is 0 Å². The summed E-state index contributed by atoms with van der Waals surface area (Å²) in [7, 11) is -0.403. The zero-order valence-electron chi connectivity index (χ0n) is 7.56. The van der Waals surface area contributed by atoms with Crippen molar-refractivity contribution in [2.75, 3.05) is 0 Å². The van der Waals surface area contributed by atoms with Gasteiger partial charge in [-0.15, -0.1) is 5.70 Å². The molecule has 10 heavy (non-hydrogen) atoms. The van der Waals surface area contributed by atoms with Crippen molar-refractivity contribution in [2.45, 2.75) is 45.7 Å². The van der Waals surface area contributed by atoms with E-state index in [2.05, 4.69) is 31.8 Å². The molecule has 0 aliphatic carbocycles. The molecule has 0 radical (unpaired) electrons. The molecule has 0 aliphatic heterocycles. The van der Waals surface area contributed by atoms with Gasteiger partial charge in [0.25, 0.3) is 0 Å². The van der Waals surface area contributed by atoms with Gasteiger partial charge in [-0.2, -0.15) is 0 Å². The molecule has 0 rings (SSSR count). The standard InChI is InChI=1S/C9H20Si/c1-4-5-6-7-8-9-10(2)3/h8-10H,4-7H2,1-3H3. The van der Waals surface area contributed by atoms with Gasteiger partial charge in [0, 0.05) is 0 Å². The molecule has 0 atom stereocenters. The second-order valence-electron chi connectivity index (χ2n) is 3.17. The van der Waals surface area contributed by atoms with Gasteiger partial charge in [-0.1, -0.05) is 38.9 Å². The predicted molar refractivity (Wildman–Crippen MR) is 52.2 cm³/mol. The fraction of sp³-hybridized carbons (Fsp3) is 0.778. The third-order valence-electron chi connectivity index (χ3n) is 1.50. The Morgan fingerprint density at radius 3 is 2.40 bits per heavy atom. The van der Waals surface area contributed by atoms with Crippen LogP contribution in [0, 0.1) is 0 Å². The van der Waals surface area contributed by atoms with Gasteiger partial charge in [0.1, 0.15) is 0 Å². The Morgan fingerprint density at radius 1 is 1.20 bits per heavy atom. The van der Waals surface area contributed by atoms with E-state index in [4.69, 9.17) is 0 Å². The van der Waals surface area contributed by atoms with E-state index in [1.807, 2.05) is 0 Å². The summed E-state index contributed by atoms with van der Waals surface area (Å²) in [5.41, 5.74) is 2.43. The van der Waals surface area contributed by atoms with Gasteiger partial charge in [-0.25, -0.2) is 0 Å². The molecule has 0 unspecified atom stereocenters. The van der Waals surface area contributed by atoms with Crippen molar-refractivity contribution in [2.24, 2.45) is 0 Å². The van der Waals surface area contributed by atoms with Crippen molar-refractivity contribution in [3.63, 3.8) is 0 Å². The van der Waals surface area contributed by atoms with Crippen LogP contribution < -0.4 is 0 Å². The number of hydrogen-bond acceptors (Lipinski definition) is 0. The first kappa shape index (κ1) is 9.96. The largest absolute Gasteiger partial charge is 0.102 e. The summed E-state index contributed by atoms with van der Waals surface area (Å²) < 4.78 is 0. The molecule has 60 valence electrons. The fourth-order valence-corrected chi connectivity index (χ4v) is 1.62. The van der Waals surface area contributed by atoms with E-state index in [1.165, 1.54) is 25.7 Å². The van der Waals surface area contributed by atoms with Crippen LogP contribution in [0.5, 0.6) is 0 Å². The van der Waals surface area contributed by atoms with Crippen LogP contribution in [0.3, 0.4) is 0 Å². The SMILES string of the molecule is CCCCCC=C[SiH](C)C. The molecule has 0 heterocycles. The van der Waals surface area contributed by atoms with Gasteiger partial charge in [0.15, 0.2) is 0 Å². The lowest BCUT2D eigenvalue weighted by Gasteiger charge is -1.93. The Balaban J connectivity index is 3.02. The Kier molecular flexibility index (Phi) is 7.04. The van der Waals surface area contributed by atoms with Crippen LogP contribution in [0.15, 0.2) is 11.8 Å². The molecule has 0 aromatic carbocycles. The van der Waals surface area contributed by atoms with Gasteiger partial charge in [0.05, 0.1) is 8.80 Å². The van der Waals surface area contributed by atoms with Gasteiger partial charge >= 0.3 is 0 Å². The van der Waals surface area contributed by atoms with E-state index in [0.717, 1.165) is 0 Å². The monoisotopic (exact) mass is 156 g/mol. The first-order valence-electron chi connectivity index (χ1n) is 4.44. The molecule has 0 fully saturated rings. The maximum absolute atomic E-state index is 2.43. The third-order valence-corrected chi connectivity index (χ3v) is 2.54. The van der Waals surface area contributed by atoms with Gasteiger partial charge in [-0.05, 0) is 12.8 Å². The van der Waals surface area contributed by atoms with Crippen LogP contribution in [0.25, 0.3) is 0 Å². The molecular weight excluding hydrogens is 136 g/mol. The highest BCUT2D eigenvalue weighted by Crippen LogP contribution is 1.99. The minimum atomic E-state index is -0.403. The maximum Gasteiger partial charge on any atom is 0.0549 e. The zero-order chi connectivity index (χ0) is 7.82. The average molecular weight is 156 g/mol. The minimum Gasteiger partial charge on any atom is -0.102 e. The topological polar surface area (TPSA) is 0 Å². The van der Waals surface area contributed by atoms with Crippen molar-refractivity contribution in [3.8, 4) is 0 Å². The summed E-state index contributed by atoms with van der Waals surface area (Å²) in [6.45, 7) is 6.97. The van der Waals surface area contributed by atoms with E-state index in [1.54, 1.807) is 0 Å².